The van der Waals surface area contributed by atoms with E-state index in [4.69, 9.17) is 25.8 Å². The Morgan fingerprint density at radius 3 is 2.33 bits per heavy atom. The summed E-state index contributed by atoms with van der Waals surface area (Å²) in [5.41, 5.74) is 4.74. The van der Waals surface area contributed by atoms with E-state index in [0.717, 1.165) is 11.3 Å². The summed E-state index contributed by atoms with van der Waals surface area (Å²) in [6.45, 7) is 2.84. The molecule has 0 saturated heterocycles. The first-order valence-corrected chi connectivity index (χ1v) is 11.7. The zero-order valence-electron chi connectivity index (χ0n) is 20.1. The fourth-order valence-electron chi connectivity index (χ4n) is 3.11. The minimum absolute atomic E-state index is 0.000992. The van der Waals surface area contributed by atoms with Gasteiger partial charge in [-0.3, -0.25) is 9.59 Å². The summed E-state index contributed by atoms with van der Waals surface area (Å²) in [5, 5.41) is 7.37. The van der Waals surface area contributed by atoms with Crippen LogP contribution in [0.25, 0.3) is 0 Å². The van der Waals surface area contributed by atoms with Crippen molar-refractivity contribution in [3.05, 3.63) is 82.9 Å². The van der Waals surface area contributed by atoms with Gasteiger partial charge in [-0.15, -0.1) is 0 Å². The molecule has 3 rings (SSSR count). The van der Waals surface area contributed by atoms with Crippen LogP contribution in [-0.4, -0.2) is 31.7 Å². The van der Waals surface area contributed by atoms with Gasteiger partial charge in [0.25, 0.3) is 0 Å². The van der Waals surface area contributed by atoms with Crippen LogP contribution in [0.1, 0.15) is 30.9 Å². The highest BCUT2D eigenvalue weighted by Gasteiger charge is 2.08. The van der Waals surface area contributed by atoms with Crippen molar-refractivity contribution in [2.45, 2.75) is 26.4 Å². The van der Waals surface area contributed by atoms with Gasteiger partial charge in [0, 0.05) is 23.6 Å². The lowest BCUT2D eigenvalue weighted by Gasteiger charge is -2.11. The monoisotopic (exact) mass is 509 g/mol. The van der Waals surface area contributed by atoms with Crippen molar-refractivity contribution in [1.29, 1.82) is 0 Å². The molecule has 0 saturated carbocycles. The van der Waals surface area contributed by atoms with Gasteiger partial charge < -0.3 is 19.5 Å². The quantitative estimate of drug-likeness (QED) is 0.258. The predicted octanol–water partition coefficient (Wildman–Crippen LogP) is 5.20. The average molecular weight is 510 g/mol. The van der Waals surface area contributed by atoms with Gasteiger partial charge in [0.1, 0.15) is 12.4 Å². The van der Waals surface area contributed by atoms with Gasteiger partial charge in [-0.2, -0.15) is 5.10 Å². The molecule has 0 radical (unpaired) electrons. The molecule has 3 aromatic rings. The molecule has 0 aromatic heterocycles. The fourth-order valence-corrected chi connectivity index (χ4v) is 3.24. The Labute approximate surface area is 215 Å². The predicted molar refractivity (Wildman–Crippen MR) is 140 cm³/mol. The van der Waals surface area contributed by atoms with Gasteiger partial charge in [0.2, 0.25) is 11.8 Å². The zero-order valence-corrected chi connectivity index (χ0v) is 20.9. The molecule has 0 heterocycles. The largest absolute Gasteiger partial charge is 0.494 e. The Morgan fingerprint density at radius 1 is 0.917 bits per heavy atom. The number of nitrogens with zero attached hydrogens (tertiary/aromatic N) is 1. The van der Waals surface area contributed by atoms with E-state index >= 15 is 0 Å². The lowest BCUT2D eigenvalue weighted by molar-refractivity contribution is -0.124. The number of rotatable bonds is 12. The molecule has 188 valence electrons. The van der Waals surface area contributed by atoms with Crippen molar-refractivity contribution in [1.82, 2.24) is 5.43 Å². The van der Waals surface area contributed by atoms with Crippen molar-refractivity contribution < 1.29 is 23.8 Å². The van der Waals surface area contributed by atoms with Gasteiger partial charge in [0.15, 0.2) is 11.5 Å². The summed E-state index contributed by atoms with van der Waals surface area (Å²) in [7, 11) is 1.55. The summed E-state index contributed by atoms with van der Waals surface area (Å²) in [6, 6.07) is 19.7. The number of anilines is 1. The summed E-state index contributed by atoms with van der Waals surface area (Å²) < 4.78 is 16.6. The van der Waals surface area contributed by atoms with Crippen LogP contribution in [0.2, 0.25) is 5.02 Å². The topological polar surface area (TPSA) is 98.2 Å². The van der Waals surface area contributed by atoms with Crippen molar-refractivity contribution in [3.8, 4) is 17.2 Å². The number of methoxy groups -OCH3 is 1. The third kappa shape index (κ3) is 8.63. The molecular formula is C27H28ClN3O5. The first kappa shape index (κ1) is 26.6. The molecular weight excluding hydrogens is 482 g/mol. The van der Waals surface area contributed by atoms with Crippen LogP contribution < -0.4 is 25.0 Å². The Morgan fingerprint density at radius 2 is 1.64 bits per heavy atom. The van der Waals surface area contributed by atoms with Crippen LogP contribution in [0.4, 0.5) is 5.69 Å². The number of benzene rings is 3. The molecule has 0 aliphatic carbocycles. The first-order chi connectivity index (χ1) is 17.5. The third-order valence-electron chi connectivity index (χ3n) is 4.93. The van der Waals surface area contributed by atoms with Crippen LogP contribution >= 0.6 is 11.6 Å². The Balaban J connectivity index is 1.43. The Bertz CT molecular complexity index is 1180. The van der Waals surface area contributed by atoms with Crippen LogP contribution in [0, 0.1) is 0 Å². The number of amides is 2. The van der Waals surface area contributed by atoms with Crippen LogP contribution in [-0.2, 0) is 16.2 Å². The first-order valence-electron chi connectivity index (χ1n) is 11.4. The molecule has 0 aliphatic heterocycles. The second kappa shape index (κ2) is 13.7. The van der Waals surface area contributed by atoms with E-state index in [0.29, 0.717) is 41.0 Å². The van der Waals surface area contributed by atoms with E-state index in [-0.39, 0.29) is 24.7 Å². The molecule has 2 N–H and O–H groups in total. The molecule has 0 atom stereocenters. The number of halogens is 1. The van der Waals surface area contributed by atoms with Crippen LogP contribution in [0.5, 0.6) is 17.2 Å². The Hall–Kier alpha value is -4.04. The van der Waals surface area contributed by atoms with Crippen molar-refractivity contribution in [3.63, 3.8) is 0 Å². The van der Waals surface area contributed by atoms with E-state index in [9.17, 15) is 9.59 Å². The molecule has 8 nitrogen and oxygen atoms in total. The van der Waals surface area contributed by atoms with E-state index in [2.05, 4.69) is 15.8 Å². The second-order valence-electron chi connectivity index (χ2n) is 7.62. The van der Waals surface area contributed by atoms with Gasteiger partial charge in [0.05, 0.1) is 19.9 Å². The molecule has 0 spiro atoms. The number of ether oxygens (including phenoxy) is 3. The highest BCUT2D eigenvalue weighted by molar-refractivity contribution is 6.30. The standard InChI is InChI=1S/C27H28ClN3O5/c1-3-35-23-11-9-22(10-12-23)30-26(32)14-15-27(33)31-29-17-20-6-13-24(25(16-20)34-2)36-18-19-4-7-21(28)8-5-19/h4-13,16-17H,3,14-15,18H2,1-2H3,(H,30,32)(H,31,33). The summed E-state index contributed by atoms with van der Waals surface area (Å²) in [6.07, 6.45) is 1.52. The van der Waals surface area contributed by atoms with Gasteiger partial charge in [-0.1, -0.05) is 23.7 Å². The maximum absolute atomic E-state index is 12.1. The van der Waals surface area contributed by atoms with Crippen molar-refractivity contribution in [2.24, 2.45) is 5.10 Å². The molecule has 2 amide bonds. The number of carbonyl (C=O) groups is 2. The summed E-state index contributed by atoms with van der Waals surface area (Å²) >= 11 is 5.91. The van der Waals surface area contributed by atoms with E-state index in [1.54, 1.807) is 61.7 Å². The van der Waals surface area contributed by atoms with Crippen molar-refractivity contribution >= 4 is 35.3 Å². The fraction of sp³-hybridized carbons (Fsp3) is 0.222. The number of hydrogen-bond acceptors (Lipinski definition) is 6. The maximum Gasteiger partial charge on any atom is 0.240 e. The zero-order chi connectivity index (χ0) is 25.8. The molecule has 0 fully saturated rings. The highest BCUT2D eigenvalue weighted by atomic mass is 35.5. The third-order valence-corrected chi connectivity index (χ3v) is 5.18. The number of hydrazone groups is 1. The summed E-state index contributed by atoms with van der Waals surface area (Å²) in [4.78, 5) is 24.1. The number of hydrogen-bond donors (Lipinski definition) is 2. The number of carbonyl (C=O) groups excluding carboxylic acids is 2. The number of nitrogens with one attached hydrogen (secondary N) is 2. The SMILES string of the molecule is CCOc1ccc(NC(=O)CCC(=O)NN=Cc2ccc(OCc3ccc(Cl)cc3)c(OC)c2)cc1. The smallest absolute Gasteiger partial charge is 0.240 e. The minimum Gasteiger partial charge on any atom is -0.494 e. The molecule has 3 aromatic carbocycles. The van der Waals surface area contributed by atoms with Gasteiger partial charge in [-0.25, -0.2) is 5.43 Å². The van der Waals surface area contributed by atoms with E-state index in [1.165, 1.54) is 6.21 Å². The summed E-state index contributed by atoms with van der Waals surface area (Å²) in [5.74, 6) is 1.20. The van der Waals surface area contributed by atoms with E-state index < -0.39 is 0 Å². The lowest BCUT2D eigenvalue weighted by atomic mass is 10.2. The van der Waals surface area contributed by atoms with Crippen molar-refractivity contribution in [2.75, 3.05) is 19.0 Å². The Kier molecular flexibility index (Phi) is 10.1. The van der Waals surface area contributed by atoms with Gasteiger partial charge >= 0.3 is 0 Å². The van der Waals surface area contributed by atoms with Crippen LogP contribution in [0.15, 0.2) is 71.8 Å². The van der Waals surface area contributed by atoms with Gasteiger partial charge in [-0.05, 0) is 72.6 Å². The second-order valence-corrected chi connectivity index (χ2v) is 8.06. The highest BCUT2D eigenvalue weighted by Crippen LogP contribution is 2.28. The molecule has 0 bridgehead atoms. The maximum atomic E-state index is 12.1. The lowest BCUT2D eigenvalue weighted by Crippen LogP contribution is -2.20. The molecule has 36 heavy (non-hydrogen) atoms. The molecule has 9 heteroatoms. The normalized spacial score (nSPS) is 10.6. The van der Waals surface area contributed by atoms with E-state index in [1.807, 2.05) is 19.1 Å². The molecule has 0 unspecified atom stereocenters. The average Bonchev–Trinajstić information content (AvgIpc) is 2.89. The van der Waals surface area contributed by atoms with Crippen LogP contribution in [0.3, 0.4) is 0 Å². The molecule has 0 aliphatic rings. The minimum atomic E-state index is -0.372.